The number of thiophene rings is 1. The highest BCUT2D eigenvalue weighted by Crippen LogP contribution is 2.23. The Morgan fingerprint density at radius 1 is 1.15 bits per heavy atom. The molecule has 1 N–H and O–H groups in total. The first-order valence-corrected chi connectivity index (χ1v) is 10.5. The zero-order valence-corrected chi connectivity index (χ0v) is 16.7. The molecule has 1 aromatic heterocycles. The number of halogens is 1. The molecule has 1 aromatic rings. The molecule has 6 nitrogen and oxygen atoms in total. The average molecular weight is 399 g/mol. The number of hydrogen-bond donors (Lipinski definition) is 1. The lowest BCUT2D eigenvalue weighted by atomic mass is 10.3. The molecule has 0 bridgehead atoms. The van der Waals surface area contributed by atoms with Gasteiger partial charge in [0.1, 0.15) is 0 Å². The smallest absolute Gasteiger partial charge is 0.234 e. The minimum atomic E-state index is 0.0798. The van der Waals surface area contributed by atoms with Gasteiger partial charge >= 0.3 is 0 Å². The molecule has 3 rings (SSSR count). The van der Waals surface area contributed by atoms with Crippen molar-refractivity contribution < 1.29 is 9.59 Å². The third-order valence-electron chi connectivity index (χ3n) is 4.94. The second-order valence-corrected chi connectivity index (χ2v) is 8.75. The van der Waals surface area contributed by atoms with Crippen LogP contribution in [-0.2, 0) is 16.1 Å². The van der Waals surface area contributed by atoms with Crippen molar-refractivity contribution in [2.24, 2.45) is 0 Å². The average Bonchev–Trinajstić information content (AvgIpc) is 3.22. The van der Waals surface area contributed by atoms with Crippen molar-refractivity contribution in [1.82, 2.24) is 20.0 Å². The van der Waals surface area contributed by atoms with E-state index in [1.54, 1.807) is 11.3 Å². The fourth-order valence-electron chi connectivity index (χ4n) is 3.46. The summed E-state index contributed by atoms with van der Waals surface area (Å²) in [5, 5.41) is 2.98. The van der Waals surface area contributed by atoms with Gasteiger partial charge in [-0.25, -0.2) is 0 Å². The first kappa shape index (κ1) is 19.6. The molecule has 0 spiro atoms. The van der Waals surface area contributed by atoms with Crippen LogP contribution in [0.25, 0.3) is 0 Å². The molecule has 144 valence electrons. The van der Waals surface area contributed by atoms with Gasteiger partial charge in [-0.1, -0.05) is 11.6 Å². The molecule has 0 saturated carbocycles. The Kier molecular flexibility index (Phi) is 7.31. The highest BCUT2D eigenvalue weighted by atomic mass is 35.5. The molecular formula is C18H27ClN4O2S. The monoisotopic (exact) mass is 398 g/mol. The maximum Gasteiger partial charge on any atom is 0.234 e. The normalized spacial score (nSPS) is 19.3. The molecule has 3 heterocycles. The SMILES string of the molecule is O=C(CN1CCN(Cc2ccc(Cl)s2)CC1)NCCCN1CCCC1=O. The van der Waals surface area contributed by atoms with Crippen molar-refractivity contribution in [2.45, 2.75) is 25.8 Å². The molecule has 0 radical (unpaired) electrons. The summed E-state index contributed by atoms with van der Waals surface area (Å²) in [6.07, 6.45) is 2.48. The Morgan fingerprint density at radius 2 is 1.92 bits per heavy atom. The van der Waals surface area contributed by atoms with E-state index in [4.69, 9.17) is 11.6 Å². The fourth-order valence-corrected chi connectivity index (χ4v) is 4.59. The van der Waals surface area contributed by atoms with Gasteiger partial charge in [0.05, 0.1) is 10.9 Å². The number of carbonyl (C=O) groups excluding carboxylic acids is 2. The van der Waals surface area contributed by atoms with E-state index in [-0.39, 0.29) is 11.8 Å². The van der Waals surface area contributed by atoms with Crippen LogP contribution in [0.5, 0.6) is 0 Å². The topological polar surface area (TPSA) is 55.9 Å². The van der Waals surface area contributed by atoms with Crippen LogP contribution in [0.15, 0.2) is 12.1 Å². The van der Waals surface area contributed by atoms with Gasteiger partial charge in [0.2, 0.25) is 11.8 Å². The number of likely N-dealkylation sites (tertiary alicyclic amines) is 1. The summed E-state index contributed by atoms with van der Waals surface area (Å²) in [4.78, 5) is 31.4. The second kappa shape index (κ2) is 9.69. The lowest BCUT2D eigenvalue weighted by molar-refractivity contribution is -0.127. The van der Waals surface area contributed by atoms with Crippen molar-refractivity contribution in [3.8, 4) is 0 Å². The summed E-state index contributed by atoms with van der Waals surface area (Å²) in [5.41, 5.74) is 0. The standard InChI is InChI=1S/C18H27ClN4O2S/c19-16-5-4-15(26-16)13-21-9-11-22(12-10-21)14-17(24)20-6-2-8-23-7-1-3-18(23)25/h4-5H,1-3,6-14H2,(H,20,24). The van der Waals surface area contributed by atoms with Crippen LogP contribution in [0, 0.1) is 0 Å². The van der Waals surface area contributed by atoms with Crippen LogP contribution >= 0.6 is 22.9 Å². The quantitative estimate of drug-likeness (QED) is 0.676. The molecule has 0 aliphatic carbocycles. The van der Waals surface area contributed by atoms with E-state index in [2.05, 4.69) is 21.2 Å². The molecule has 2 amide bonds. The van der Waals surface area contributed by atoms with Crippen molar-refractivity contribution in [3.05, 3.63) is 21.3 Å². The van der Waals surface area contributed by atoms with Crippen LogP contribution in [0.4, 0.5) is 0 Å². The van der Waals surface area contributed by atoms with Crippen LogP contribution < -0.4 is 5.32 Å². The van der Waals surface area contributed by atoms with Gasteiger partial charge in [0.15, 0.2) is 0 Å². The van der Waals surface area contributed by atoms with E-state index in [0.717, 1.165) is 63.0 Å². The summed E-state index contributed by atoms with van der Waals surface area (Å²) in [6, 6.07) is 4.03. The summed E-state index contributed by atoms with van der Waals surface area (Å²) in [6.45, 7) is 7.43. The minimum absolute atomic E-state index is 0.0798. The maximum absolute atomic E-state index is 12.1. The summed E-state index contributed by atoms with van der Waals surface area (Å²) >= 11 is 7.62. The van der Waals surface area contributed by atoms with Crippen LogP contribution in [0.3, 0.4) is 0 Å². The molecule has 0 atom stereocenters. The number of nitrogens with zero attached hydrogens (tertiary/aromatic N) is 3. The van der Waals surface area contributed by atoms with E-state index in [0.29, 0.717) is 19.5 Å². The summed E-state index contributed by atoms with van der Waals surface area (Å²) < 4.78 is 0.837. The number of amides is 2. The van der Waals surface area contributed by atoms with Gasteiger partial charge in [0.25, 0.3) is 0 Å². The van der Waals surface area contributed by atoms with Crippen molar-refractivity contribution in [1.29, 1.82) is 0 Å². The Morgan fingerprint density at radius 3 is 2.58 bits per heavy atom. The van der Waals surface area contributed by atoms with Gasteiger partial charge in [-0.3, -0.25) is 19.4 Å². The first-order chi connectivity index (χ1) is 12.6. The fraction of sp³-hybridized carbons (Fsp3) is 0.667. The highest BCUT2D eigenvalue weighted by Gasteiger charge is 2.20. The number of nitrogens with one attached hydrogen (secondary N) is 1. The van der Waals surface area contributed by atoms with Gasteiger partial charge in [-0.2, -0.15) is 0 Å². The molecule has 0 unspecified atom stereocenters. The Hall–Kier alpha value is -1.15. The van der Waals surface area contributed by atoms with Crippen molar-refractivity contribution in [3.63, 3.8) is 0 Å². The Labute approximate surface area is 164 Å². The van der Waals surface area contributed by atoms with Gasteiger partial charge in [-0.15, -0.1) is 11.3 Å². The second-order valence-electron chi connectivity index (χ2n) is 6.95. The highest BCUT2D eigenvalue weighted by molar-refractivity contribution is 7.16. The zero-order valence-electron chi connectivity index (χ0n) is 15.1. The number of piperazine rings is 1. The maximum atomic E-state index is 12.1. The first-order valence-electron chi connectivity index (χ1n) is 9.33. The van der Waals surface area contributed by atoms with Crippen LogP contribution in [0.1, 0.15) is 24.1 Å². The van der Waals surface area contributed by atoms with Crippen LogP contribution in [-0.4, -0.2) is 78.9 Å². The third-order valence-corrected chi connectivity index (χ3v) is 6.15. The molecule has 2 fully saturated rings. The molecule has 26 heavy (non-hydrogen) atoms. The van der Waals surface area contributed by atoms with Gasteiger partial charge in [0, 0.05) is 63.7 Å². The number of rotatable bonds is 8. The largest absolute Gasteiger partial charge is 0.355 e. The van der Waals surface area contributed by atoms with E-state index >= 15 is 0 Å². The molecule has 2 aliphatic heterocycles. The number of carbonyl (C=O) groups is 2. The third kappa shape index (κ3) is 5.94. The van der Waals surface area contributed by atoms with E-state index in [1.807, 2.05) is 11.0 Å². The number of hydrogen-bond acceptors (Lipinski definition) is 5. The minimum Gasteiger partial charge on any atom is -0.355 e. The van der Waals surface area contributed by atoms with Crippen LogP contribution in [0.2, 0.25) is 4.34 Å². The van der Waals surface area contributed by atoms with Crippen molar-refractivity contribution in [2.75, 3.05) is 52.4 Å². The summed E-state index contributed by atoms with van der Waals surface area (Å²) in [7, 11) is 0. The molecule has 0 aromatic carbocycles. The predicted molar refractivity (Wildman–Crippen MR) is 104 cm³/mol. The molecule has 8 heteroatoms. The van der Waals surface area contributed by atoms with E-state index in [9.17, 15) is 9.59 Å². The lowest BCUT2D eigenvalue weighted by Gasteiger charge is -2.34. The van der Waals surface area contributed by atoms with Gasteiger partial charge < -0.3 is 10.2 Å². The molecule has 2 aliphatic rings. The zero-order chi connectivity index (χ0) is 18.4. The molecule has 2 saturated heterocycles. The Bertz CT molecular complexity index is 616. The summed E-state index contributed by atoms with van der Waals surface area (Å²) in [5.74, 6) is 0.329. The predicted octanol–water partition coefficient (Wildman–Crippen LogP) is 1.65. The van der Waals surface area contributed by atoms with E-state index < -0.39 is 0 Å². The van der Waals surface area contributed by atoms with E-state index in [1.165, 1.54) is 4.88 Å². The Balaban J connectivity index is 1.26. The van der Waals surface area contributed by atoms with Gasteiger partial charge in [-0.05, 0) is 25.0 Å². The molecular weight excluding hydrogens is 372 g/mol. The lowest BCUT2D eigenvalue weighted by Crippen LogP contribution is -2.49. The van der Waals surface area contributed by atoms with Crippen molar-refractivity contribution >= 4 is 34.8 Å².